The van der Waals surface area contributed by atoms with Gasteiger partial charge in [0.15, 0.2) is 0 Å². The average molecular weight is 542 g/mol. The monoisotopic (exact) mass is 539 g/mol. The summed E-state index contributed by atoms with van der Waals surface area (Å²) in [6.45, 7) is 11.4. The molecule has 0 saturated carbocycles. The molecular weight excluding hydrogens is 510 g/mol. The molecule has 0 aliphatic heterocycles. The van der Waals surface area contributed by atoms with Gasteiger partial charge < -0.3 is 0 Å². The SMILES string of the molecule is CCc1ccc2c(c1-c1cc(C(C)C)cc(C(C)C)c1)C=C(c1ccccc1)[CH]2[Zr]([Cl])[Cl]. The number of benzene rings is 3. The van der Waals surface area contributed by atoms with E-state index in [0.717, 1.165) is 6.42 Å². The maximum absolute atomic E-state index is 6.78. The van der Waals surface area contributed by atoms with Crippen molar-refractivity contribution in [1.29, 1.82) is 0 Å². The van der Waals surface area contributed by atoms with E-state index in [1.807, 2.05) is 0 Å². The van der Waals surface area contributed by atoms with Gasteiger partial charge in [-0.2, -0.15) is 0 Å². The van der Waals surface area contributed by atoms with Crippen LogP contribution in [0.3, 0.4) is 0 Å². The summed E-state index contributed by atoms with van der Waals surface area (Å²) in [7, 11) is 13.6. The van der Waals surface area contributed by atoms with Gasteiger partial charge in [0.1, 0.15) is 0 Å². The van der Waals surface area contributed by atoms with Crippen molar-refractivity contribution in [2.75, 3.05) is 0 Å². The number of aryl methyl sites for hydroxylation is 1. The third-order valence-electron chi connectivity index (χ3n) is 6.59. The second-order valence-electron chi connectivity index (χ2n) is 9.34. The van der Waals surface area contributed by atoms with E-state index in [9.17, 15) is 0 Å². The molecule has 0 heterocycles. The van der Waals surface area contributed by atoms with Crippen LogP contribution in [0.2, 0.25) is 0 Å². The Balaban J connectivity index is 2.00. The molecule has 0 fully saturated rings. The number of fused-ring (bicyclic) bond motifs is 1. The molecule has 0 N–H and O–H groups in total. The fourth-order valence-electron chi connectivity index (χ4n) is 4.73. The Bertz CT molecular complexity index is 1120. The molecule has 0 saturated heterocycles. The van der Waals surface area contributed by atoms with Crippen molar-refractivity contribution < 1.29 is 19.4 Å². The zero-order valence-corrected chi connectivity index (χ0v) is 23.5. The molecule has 0 spiro atoms. The predicted octanol–water partition coefficient (Wildman–Crippen LogP) is 9.68. The maximum atomic E-state index is 6.78. The third-order valence-corrected chi connectivity index (χ3v) is 11.8. The van der Waals surface area contributed by atoms with Crippen molar-refractivity contribution >= 4 is 28.7 Å². The molecule has 1 aliphatic carbocycles. The van der Waals surface area contributed by atoms with Gasteiger partial charge in [0.25, 0.3) is 0 Å². The van der Waals surface area contributed by atoms with Gasteiger partial charge in [-0.1, -0.05) is 0 Å². The van der Waals surface area contributed by atoms with Crippen LogP contribution in [0.4, 0.5) is 0 Å². The van der Waals surface area contributed by atoms with Gasteiger partial charge in [-0.25, -0.2) is 0 Å². The summed E-state index contributed by atoms with van der Waals surface area (Å²) in [4.78, 5) is 0. The molecule has 3 aromatic carbocycles. The van der Waals surface area contributed by atoms with E-state index < -0.39 is 19.4 Å². The first-order valence-corrected chi connectivity index (χ1v) is 19.3. The molecule has 4 rings (SSSR count). The van der Waals surface area contributed by atoms with E-state index in [2.05, 4.69) is 101 Å². The van der Waals surface area contributed by atoms with E-state index in [0.29, 0.717) is 11.8 Å². The Kier molecular flexibility index (Phi) is 7.51. The minimum atomic E-state index is -2.63. The van der Waals surface area contributed by atoms with Crippen molar-refractivity contribution in [3.63, 3.8) is 0 Å². The van der Waals surface area contributed by atoms with Gasteiger partial charge in [0, 0.05) is 0 Å². The molecule has 32 heavy (non-hydrogen) atoms. The number of halogens is 2. The fourth-order valence-corrected chi connectivity index (χ4v) is 9.90. The van der Waals surface area contributed by atoms with E-state index in [-0.39, 0.29) is 3.63 Å². The van der Waals surface area contributed by atoms with Crippen LogP contribution < -0.4 is 0 Å². The van der Waals surface area contributed by atoms with Gasteiger partial charge in [0.2, 0.25) is 0 Å². The van der Waals surface area contributed by atoms with E-state index >= 15 is 0 Å². The number of hydrogen-bond acceptors (Lipinski definition) is 0. The van der Waals surface area contributed by atoms with Crippen LogP contribution in [-0.2, 0) is 25.8 Å². The molecule has 3 aromatic rings. The molecule has 0 amide bonds. The molecule has 1 aliphatic rings. The van der Waals surface area contributed by atoms with Gasteiger partial charge >= 0.3 is 210 Å². The van der Waals surface area contributed by atoms with E-state index in [1.54, 1.807) is 0 Å². The standard InChI is InChI=1S/C29H31.2ClH.Zr/c1-6-21-12-13-23-14-26(22-10-8-7-9-11-22)18-28(23)29(21)27-16-24(19(2)3)15-25(17-27)20(4)5;;;/h7-20H,6H2,1-5H3;2*1H;/q;;;+2/p-2. The summed E-state index contributed by atoms with van der Waals surface area (Å²) in [5.74, 6) is 0.978. The molecule has 165 valence electrons. The van der Waals surface area contributed by atoms with Crippen molar-refractivity contribution in [3.8, 4) is 11.1 Å². The molecular formula is C29H31Cl2Zr. The summed E-state index contributed by atoms with van der Waals surface area (Å²) in [6.07, 6.45) is 3.38. The summed E-state index contributed by atoms with van der Waals surface area (Å²) < 4.78 is 0.167. The van der Waals surface area contributed by atoms with Crippen LogP contribution in [0.15, 0.2) is 60.7 Å². The topological polar surface area (TPSA) is 0 Å². The van der Waals surface area contributed by atoms with Crippen LogP contribution in [0.25, 0.3) is 22.8 Å². The van der Waals surface area contributed by atoms with Gasteiger partial charge in [0.05, 0.1) is 0 Å². The number of rotatable bonds is 6. The predicted molar refractivity (Wildman–Crippen MR) is 138 cm³/mol. The summed E-state index contributed by atoms with van der Waals surface area (Å²) >= 11 is -2.63. The fraction of sp³-hybridized carbons (Fsp3) is 0.310. The third kappa shape index (κ3) is 4.59. The first kappa shape index (κ1) is 24.0. The minimum absolute atomic E-state index is 0.167. The summed E-state index contributed by atoms with van der Waals surface area (Å²) in [6, 6.07) is 22.4. The van der Waals surface area contributed by atoms with Crippen LogP contribution >= 0.6 is 17.0 Å². The Morgan fingerprint density at radius 1 is 0.812 bits per heavy atom. The molecule has 0 radical (unpaired) electrons. The first-order chi connectivity index (χ1) is 15.3. The van der Waals surface area contributed by atoms with Gasteiger partial charge in [-0.05, 0) is 0 Å². The van der Waals surface area contributed by atoms with Crippen LogP contribution in [-0.4, -0.2) is 0 Å². The Morgan fingerprint density at radius 3 is 1.97 bits per heavy atom. The zero-order valence-electron chi connectivity index (χ0n) is 19.5. The Hall–Kier alpha value is -1.14. The van der Waals surface area contributed by atoms with E-state index in [1.165, 1.54) is 50.1 Å². The van der Waals surface area contributed by atoms with Gasteiger partial charge in [-0.3, -0.25) is 0 Å². The normalized spacial score (nSPS) is 15.3. The molecule has 1 atom stereocenters. The quantitative estimate of drug-likeness (QED) is 0.291. The average Bonchev–Trinajstić information content (AvgIpc) is 3.18. The van der Waals surface area contributed by atoms with Crippen molar-refractivity contribution in [3.05, 3.63) is 94.0 Å². The number of allylic oxidation sites excluding steroid dienone is 1. The molecule has 0 aromatic heterocycles. The Morgan fingerprint density at radius 2 is 1.44 bits per heavy atom. The second-order valence-corrected chi connectivity index (χ2v) is 18.1. The van der Waals surface area contributed by atoms with E-state index in [4.69, 9.17) is 17.0 Å². The molecule has 0 bridgehead atoms. The molecule has 1 unspecified atom stereocenters. The summed E-state index contributed by atoms with van der Waals surface area (Å²) in [5, 5.41) is 0. The van der Waals surface area contributed by atoms with Crippen LogP contribution in [0, 0.1) is 0 Å². The van der Waals surface area contributed by atoms with Crippen molar-refractivity contribution in [1.82, 2.24) is 0 Å². The van der Waals surface area contributed by atoms with Crippen molar-refractivity contribution in [2.24, 2.45) is 0 Å². The Labute approximate surface area is 208 Å². The first-order valence-electron chi connectivity index (χ1n) is 11.6. The van der Waals surface area contributed by atoms with Crippen LogP contribution in [0.1, 0.15) is 83.5 Å². The van der Waals surface area contributed by atoms with Gasteiger partial charge in [-0.15, -0.1) is 0 Å². The summed E-state index contributed by atoms with van der Waals surface area (Å²) in [5.41, 5.74) is 12.0. The second kappa shape index (κ2) is 10.0. The molecule has 0 nitrogen and oxygen atoms in total. The number of hydrogen-bond donors (Lipinski definition) is 0. The van der Waals surface area contributed by atoms with Crippen LogP contribution in [0.5, 0.6) is 0 Å². The zero-order chi connectivity index (χ0) is 23.0. The molecule has 3 heteroatoms. The van der Waals surface area contributed by atoms with Crippen molar-refractivity contribution in [2.45, 2.75) is 56.5 Å².